The quantitative estimate of drug-likeness (QED) is 0.252. The topological polar surface area (TPSA) is 86.3 Å². The van der Waals surface area contributed by atoms with E-state index in [0.717, 1.165) is 103 Å². The smallest absolute Gasteiger partial charge is 0.251 e. The Morgan fingerprint density at radius 3 is 1.59 bits per heavy atom. The van der Waals surface area contributed by atoms with Crippen molar-refractivity contribution < 1.29 is 9.59 Å². The van der Waals surface area contributed by atoms with Crippen LogP contribution < -0.4 is 10.6 Å². The number of carbonyl (C=O) groups excluding carboxylic acids is 2. The van der Waals surface area contributed by atoms with Crippen molar-refractivity contribution in [3.05, 3.63) is 73.4 Å². The van der Waals surface area contributed by atoms with E-state index in [1.807, 2.05) is 13.8 Å². The molecule has 1 unspecified atom stereocenters. The minimum Gasteiger partial charge on any atom is -0.358 e. The highest BCUT2D eigenvalue weighted by molar-refractivity contribution is 6.13. The van der Waals surface area contributed by atoms with Crippen LogP contribution in [0.5, 0.6) is 0 Å². The van der Waals surface area contributed by atoms with Gasteiger partial charge in [0.15, 0.2) is 0 Å². The van der Waals surface area contributed by atoms with Crippen LogP contribution in [0.3, 0.4) is 0 Å². The van der Waals surface area contributed by atoms with Crippen molar-refractivity contribution in [1.82, 2.24) is 15.6 Å². The summed E-state index contributed by atoms with van der Waals surface area (Å²) in [4.78, 5) is 34.2. The lowest BCUT2D eigenvalue weighted by atomic mass is 9.92. The van der Waals surface area contributed by atoms with Crippen LogP contribution in [-0.2, 0) is 28.9 Å². The molecule has 3 aliphatic rings. The van der Waals surface area contributed by atoms with Gasteiger partial charge in [-0.05, 0) is 96.9 Å². The highest BCUT2D eigenvalue weighted by Gasteiger charge is 2.30. The van der Waals surface area contributed by atoms with Crippen molar-refractivity contribution in [2.45, 2.75) is 119 Å². The van der Waals surface area contributed by atoms with Crippen LogP contribution in [0.1, 0.15) is 116 Å². The van der Waals surface area contributed by atoms with E-state index >= 15 is 0 Å². The first-order valence-corrected chi connectivity index (χ1v) is 15.8. The summed E-state index contributed by atoms with van der Waals surface area (Å²) in [6.45, 7) is 17.2. The largest absolute Gasteiger partial charge is 0.358 e. The zero-order valence-electron chi connectivity index (χ0n) is 26.4. The Morgan fingerprint density at radius 1 is 0.610 bits per heavy atom. The third-order valence-corrected chi connectivity index (χ3v) is 8.98. The minimum atomic E-state index is 0.0294. The average Bonchev–Trinajstić information content (AvgIpc) is 3.67. The molecule has 6 nitrogen and oxygen atoms in total. The molecule has 4 rings (SSSR count). The van der Waals surface area contributed by atoms with E-state index in [1.165, 1.54) is 28.0 Å². The molecular formula is C35H48N4O2. The van der Waals surface area contributed by atoms with E-state index in [4.69, 9.17) is 4.99 Å². The van der Waals surface area contributed by atoms with E-state index in [0.29, 0.717) is 0 Å². The monoisotopic (exact) mass is 556 g/mol. The number of hydrogen-bond donors (Lipinski definition) is 3. The SMILES string of the molecule is CCC1=C(CC)/C(=C/C2=NC(Cc3[nH]c(/C=C4\NC(=O)C(CC)=C4CC)c(CC)c3CC)C(CC)=C2CC)NC1=O. The van der Waals surface area contributed by atoms with Gasteiger partial charge >= 0.3 is 0 Å². The molecule has 0 radical (unpaired) electrons. The van der Waals surface area contributed by atoms with Gasteiger partial charge in [-0.3, -0.25) is 14.6 Å². The Balaban J connectivity index is 1.74. The summed E-state index contributed by atoms with van der Waals surface area (Å²) in [5, 5.41) is 6.24. The summed E-state index contributed by atoms with van der Waals surface area (Å²) in [6.07, 6.45) is 11.9. The molecule has 4 heterocycles. The first kappa shape index (κ1) is 30.5. The van der Waals surface area contributed by atoms with Crippen molar-refractivity contribution in [3.63, 3.8) is 0 Å². The van der Waals surface area contributed by atoms with E-state index in [2.05, 4.69) is 69.3 Å². The molecule has 41 heavy (non-hydrogen) atoms. The van der Waals surface area contributed by atoms with E-state index in [1.54, 1.807) is 0 Å². The molecule has 0 aromatic carbocycles. The van der Waals surface area contributed by atoms with Gasteiger partial charge in [-0.25, -0.2) is 0 Å². The summed E-state index contributed by atoms with van der Waals surface area (Å²) in [5.74, 6) is 0.0651. The molecule has 2 amide bonds. The van der Waals surface area contributed by atoms with Gasteiger partial charge in [-0.15, -0.1) is 0 Å². The van der Waals surface area contributed by atoms with Gasteiger partial charge in [0.25, 0.3) is 11.8 Å². The standard InChI is InChI=1S/C35H48N4O2/c1-9-20-22(11-3)30(18-32-24(13-5)26(15-7)34(40)38-32)36-28(20)17-29-21(10-2)23(12-4)31(37-29)19-33-25(14-6)27(16-8)35(41)39-33/h18-19,28,37H,9-17H2,1-8H3,(H,38,40)(H,39,41)/b32-18-,33-19-. The van der Waals surface area contributed by atoms with Gasteiger partial charge in [-0.1, -0.05) is 55.4 Å². The molecule has 0 saturated heterocycles. The third kappa shape index (κ3) is 5.58. The molecule has 0 bridgehead atoms. The van der Waals surface area contributed by atoms with E-state index < -0.39 is 0 Å². The first-order valence-electron chi connectivity index (χ1n) is 15.8. The Morgan fingerprint density at radius 2 is 1.12 bits per heavy atom. The highest BCUT2D eigenvalue weighted by atomic mass is 16.2. The molecule has 3 aliphatic heterocycles. The number of aromatic amines is 1. The van der Waals surface area contributed by atoms with Crippen molar-refractivity contribution in [2.24, 2.45) is 4.99 Å². The average molecular weight is 557 g/mol. The Hall–Kier alpha value is -3.41. The maximum atomic E-state index is 12.6. The van der Waals surface area contributed by atoms with Crippen LogP contribution in [0.2, 0.25) is 0 Å². The van der Waals surface area contributed by atoms with E-state index in [-0.39, 0.29) is 17.9 Å². The second kappa shape index (κ2) is 13.1. The zero-order valence-corrected chi connectivity index (χ0v) is 26.4. The lowest BCUT2D eigenvalue weighted by molar-refractivity contribution is -0.117. The number of amides is 2. The van der Waals surface area contributed by atoms with Crippen LogP contribution in [-0.4, -0.2) is 28.6 Å². The number of aromatic nitrogens is 1. The molecule has 0 fully saturated rings. The summed E-state index contributed by atoms with van der Waals surface area (Å²) < 4.78 is 0. The number of rotatable bonds is 12. The first-order chi connectivity index (χ1) is 19.8. The lowest BCUT2D eigenvalue weighted by Crippen LogP contribution is -2.17. The number of aliphatic imine (C=N–C) groups is 1. The van der Waals surface area contributed by atoms with Crippen LogP contribution in [0.25, 0.3) is 6.08 Å². The number of nitrogens with zero attached hydrogens (tertiary/aromatic N) is 1. The molecule has 220 valence electrons. The van der Waals surface area contributed by atoms with Crippen molar-refractivity contribution in [2.75, 3.05) is 0 Å². The maximum absolute atomic E-state index is 12.6. The Labute approximate surface area is 246 Å². The molecular weight excluding hydrogens is 508 g/mol. The van der Waals surface area contributed by atoms with Gasteiger partial charge in [0.2, 0.25) is 0 Å². The van der Waals surface area contributed by atoms with Crippen LogP contribution in [0.15, 0.2) is 55.9 Å². The number of H-pyrrole nitrogens is 1. The van der Waals surface area contributed by atoms with E-state index in [9.17, 15) is 9.59 Å². The molecule has 3 N–H and O–H groups in total. The zero-order chi connectivity index (χ0) is 29.8. The predicted molar refractivity (Wildman–Crippen MR) is 170 cm³/mol. The predicted octanol–water partition coefficient (Wildman–Crippen LogP) is 7.34. The van der Waals surface area contributed by atoms with Gasteiger partial charge < -0.3 is 15.6 Å². The molecule has 1 aromatic rings. The Bertz CT molecular complexity index is 1420. The molecule has 1 aromatic heterocycles. The second-order valence-electron chi connectivity index (χ2n) is 11.0. The van der Waals surface area contributed by atoms with Crippen LogP contribution in [0.4, 0.5) is 0 Å². The normalized spacial score (nSPS) is 21.3. The lowest BCUT2D eigenvalue weighted by Gasteiger charge is -2.13. The molecule has 0 spiro atoms. The molecule has 0 aliphatic carbocycles. The molecule has 0 saturated carbocycles. The number of carbonyl (C=O) groups is 2. The molecule has 1 atom stereocenters. The van der Waals surface area contributed by atoms with Gasteiger partial charge in [0, 0.05) is 40.3 Å². The minimum absolute atomic E-state index is 0.0294. The fourth-order valence-electron chi connectivity index (χ4n) is 7.05. The van der Waals surface area contributed by atoms with Crippen molar-refractivity contribution >= 4 is 23.6 Å². The highest BCUT2D eigenvalue weighted by Crippen LogP contribution is 2.35. The Kier molecular flexibility index (Phi) is 9.72. The second-order valence-corrected chi connectivity index (χ2v) is 11.0. The summed E-state index contributed by atoms with van der Waals surface area (Å²) in [7, 11) is 0. The summed E-state index contributed by atoms with van der Waals surface area (Å²) >= 11 is 0. The summed E-state index contributed by atoms with van der Waals surface area (Å²) in [5.41, 5.74) is 14.6. The third-order valence-electron chi connectivity index (χ3n) is 8.98. The number of hydrogen-bond acceptors (Lipinski definition) is 3. The van der Waals surface area contributed by atoms with Crippen LogP contribution >= 0.6 is 0 Å². The number of nitrogens with one attached hydrogen (secondary N) is 3. The van der Waals surface area contributed by atoms with Crippen LogP contribution in [0, 0.1) is 0 Å². The number of allylic oxidation sites excluding steroid dienone is 4. The fraction of sp³-hybridized carbons (Fsp3) is 0.514. The van der Waals surface area contributed by atoms with Gasteiger partial charge in [0.1, 0.15) is 0 Å². The maximum Gasteiger partial charge on any atom is 0.251 e. The molecule has 6 heteroatoms. The van der Waals surface area contributed by atoms with Crippen molar-refractivity contribution in [1.29, 1.82) is 0 Å². The van der Waals surface area contributed by atoms with Gasteiger partial charge in [0.05, 0.1) is 11.8 Å². The fourth-order valence-corrected chi connectivity index (χ4v) is 7.05. The van der Waals surface area contributed by atoms with Gasteiger partial charge in [-0.2, -0.15) is 0 Å². The van der Waals surface area contributed by atoms with Crippen molar-refractivity contribution in [3.8, 4) is 0 Å². The summed E-state index contributed by atoms with van der Waals surface area (Å²) in [6, 6.07) is 0.0664.